The number of hydrogen-bond acceptors (Lipinski definition) is 6. The van der Waals surface area contributed by atoms with Gasteiger partial charge in [0, 0.05) is 25.6 Å². The normalized spacial score (nSPS) is 24.0. The summed E-state index contributed by atoms with van der Waals surface area (Å²) < 4.78 is 5.02. The van der Waals surface area contributed by atoms with E-state index in [4.69, 9.17) is 4.74 Å². The molecule has 25 heavy (non-hydrogen) atoms. The van der Waals surface area contributed by atoms with E-state index in [1.807, 2.05) is 0 Å². The van der Waals surface area contributed by atoms with Gasteiger partial charge in [-0.15, -0.1) is 0 Å². The number of ether oxygens (including phenoxy) is 1. The molecule has 1 aromatic heterocycles. The second-order valence-corrected chi connectivity index (χ2v) is 6.33. The molecular formula is C17H22N4O4. The molecule has 0 radical (unpaired) electrons. The van der Waals surface area contributed by atoms with Gasteiger partial charge in [-0.05, 0) is 32.4 Å². The molecular weight excluding hydrogens is 324 g/mol. The maximum Gasteiger partial charge on any atom is 0.328 e. The fourth-order valence-electron chi connectivity index (χ4n) is 3.31. The summed E-state index contributed by atoms with van der Waals surface area (Å²) in [6.45, 7) is 4.01. The zero-order valence-corrected chi connectivity index (χ0v) is 14.4. The molecule has 3 heterocycles. The molecule has 2 amide bonds. The molecule has 3 rings (SSSR count). The molecule has 1 fully saturated rings. The van der Waals surface area contributed by atoms with E-state index >= 15 is 0 Å². The number of esters is 1. The highest BCUT2D eigenvalue weighted by molar-refractivity contribution is 6.01. The topological polar surface area (TPSA) is 101 Å². The quantitative estimate of drug-likeness (QED) is 0.789. The van der Waals surface area contributed by atoms with Crippen molar-refractivity contribution in [2.75, 3.05) is 18.5 Å². The number of amides is 2. The molecule has 2 aliphatic rings. The number of rotatable bonds is 3. The van der Waals surface area contributed by atoms with Crippen LogP contribution in [-0.4, -0.2) is 52.5 Å². The van der Waals surface area contributed by atoms with Crippen LogP contribution in [0.15, 0.2) is 18.3 Å². The Balaban J connectivity index is 1.78. The third-order valence-corrected chi connectivity index (χ3v) is 4.72. The number of anilines is 1. The van der Waals surface area contributed by atoms with E-state index < -0.39 is 17.7 Å². The SMILES string of the molecule is CCOC(=O)[C@@H](C)N1CC[C@]2(CCC1=O)NC(=O)c1cccnc1N2. The molecule has 1 saturated heterocycles. The van der Waals surface area contributed by atoms with Gasteiger partial charge in [0.1, 0.15) is 17.5 Å². The van der Waals surface area contributed by atoms with E-state index in [2.05, 4.69) is 15.6 Å². The average molecular weight is 346 g/mol. The van der Waals surface area contributed by atoms with Crippen LogP contribution in [0, 0.1) is 0 Å². The van der Waals surface area contributed by atoms with Crippen molar-refractivity contribution in [1.29, 1.82) is 0 Å². The minimum Gasteiger partial charge on any atom is -0.464 e. The Bertz CT molecular complexity index is 708. The van der Waals surface area contributed by atoms with Crippen LogP contribution < -0.4 is 10.6 Å². The average Bonchev–Trinajstić information content (AvgIpc) is 2.74. The smallest absolute Gasteiger partial charge is 0.328 e. The van der Waals surface area contributed by atoms with Gasteiger partial charge >= 0.3 is 5.97 Å². The summed E-state index contributed by atoms with van der Waals surface area (Å²) in [7, 11) is 0. The number of aromatic nitrogens is 1. The van der Waals surface area contributed by atoms with Crippen molar-refractivity contribution >= 4 is 23.6 Å². The summed E-state index contributed by atoms with van der Waals surface area (Å²) in [6, 6.07) is 2.76. The second-order valence-electron chi connectivity index (χ2n) is 6.33. The Morgan fingerprint density at radius 3 is 2.96 bits per heavy atom. The number of nitrogens with zero attached hydrogens (tertiary/aromatic N) is 2. The van der Waals surface area contributed by atoms with Crippen LogP contribution in [0.5, 0.6) is 0 Å². The van der Waals surface area contributed by atoms with Crippen LogP contribution in [0.25, 0.3) is 0 Å². The van der Waals surface area contributed by atoms with Crippen LogP contribution in [0.4, 0.5) is 5.82 Å². The molecule has 2 aliphatic heterocycles. The van der Waals surface area contributed by atoms with Crippen LogP contribution in [0.3, 0.4) is 0 Å². The lowest BCUT2D eigenvalue weighted by Crippen LogP contribution is -2.58. The van der Waals surface area contributed by atoms with Crippen molar-refractivity contribution in [2.45, 2.75) is 44.8 Å². The van der Waals surface area contributed by atoms with E-state index in [0.717, 1.165) is 0 Å². The van der Waals surface area contributed by atoms with E-state index in [1.165, 1.54) is 4.90 Å². The summed E-state index contributed by atoms with van der Waals surface area (Å²) in [6.07, 6.45) is 2.75. The Kier molecular flexibility index (Phi) is 4.61. The summed E-state index contributed by atoms with van der Waals surface area (Å²) in [5.74, 6) is -0.230. The highest BCUT2D eigenvalue weighted by Crippen LogP contribution is 2.30. The zero-order chi connectivity index (χ0) is 18.0. The first kappa shape index (κ1) is 17.2. The van der Waals surface area contributed by atoms with E-state index in [0.29, 0.717) is 30.8 Å². The van der Waals surface area contributed by atoms with Gasteiger partial charge in [-0.3, -0.25) is 9.59 Å². The predicted molar refractivity (Wildman–Crippen MR) is 89.7 cm³/mol. The Hall–Kier alpha value is -2.64. The highest BCUT2D eigenvalue weighted by Gasteiger charge is 2.42. The summed E-state index contributed by atoms with van der Waals surface area (Å²) in [5, 5.41) is 6.26. The molecule has 2 atom stereocenters. The van der Waals surface area contributed by atoms with Crippen LogP contribution in [-0.2, 0) is 14.3 Å². The molecule has 0 unspecified atom stereocenters. The molecule has 8 nitrogen and oxygen atoms in total. The van der Waals surface area contributed by atoms with Gasteiger partial charge in [-0.2, -0.15) is 0 Å². The van der Waals surface area contributed by atoms with Gasteiger partial charge in [0.25, 0.3) is 5.91 Å². The van der Waals surface area contributed by atoms with Gasteiger partial charge in [0.2, 0.25) is 5.91 Å². The van der Waals surface area contributed by atoms with Gasteiger partial charge < -0.3 is 20.3 Å². The maximum absolute atomic E-state index is 12.5. The lowest BCUT2D eigenvalue weighted by Gasteiger charge is -2.39. The van der Waals surface area contributed by atoms with Crippen LogP contribution in [0.2, 0.25) is 0 Å². The fourth-order valence-corrected chi connectivity index (χ4v) is 3.31. The number of nitrogens with one attached hydrogen (secondary N) is 2. The first-order valence-electron chi connectivity index (χ1n) is 8.47. The van der Waals surface area contributed by atoms with Gasteiger partial charge in [0.05, 0.1) is 12.2 Å². The van der Waals surface area contributed by atoms with E-state index in [9.17, 15) is 14.4 Å². The summed E-state index contributed by atoms with van der Waals surface area (Å²) in [5.41, 5.74) is -0.252. The third kappa shape index (κ3) is 3.29. The minimum absolute atomic E-state index is 0.125. The number of carbonyl (C=O) groups excluding carboxylic acids is 3. The number of pyridine rings is 1. The Morgan fingerprint density at radius 2 is 2.20 bits per heavy atom. The summed E-state index contributed by atoms with van der Waals surface area (Å²) >= 11 is 0. The molecule has 0 bridgehead atoms. The van der Waals surface area contributed by atoms with Crippen molar-refractivity contribution in [3.63, 3.8) is 0 Å². The van der Waals surface area contributed by atoms with Gasteiger partial charge in [-0.25, -0.2) is 9.78 Å². The molecule has 1 aromatic rings. The van der Waals surface area contributed by atoms with E-state index in [-0.39, 0.29) is 24.8 Å². The molecule has 0 saturated carbocycles. The Labute approximate surface area is 145 Å². The van der Waals surface area contributed by atoms with E-state index in [1.54, 1.807) is 32.2 Å². The number of hydrogen-bond donors (Lipinski definition) is 2. The van der Waals surface area contributed by atoms with Crippen LogP contribution >= 0.6 is 0 Å². The first-order chi connectivity index (χ1) is 12.0. The molecule has 1 spiro atoms. The second kappa shape index (κ2) is 6.70. The summed E-state index contributed by atoms with van der Waals surface area (Å²) in [4.78, 5) is 42.6. The third-order valence-electron chi connectivity index (χ3n) is 4.72. The molecule has 8 heteroatoms. The van der Waals surface area contributed by atoms with Gasteiger partial charge in [0.15, 0.2) is 0 Å². The molecule has 0 aliphatic carbocycles. The van der Waals surface area contributed by atoms with Gasteiger partial charge in [-0.1, -0.05) is 0 Å². The lowest BCUT2D eigenvalue weighted by molar-refractivity contribution is -0.153. The largest absolute Gasteiger partial charge is 0.464 e. The number of carbonyl (C=O) groups is 3. The Morgan fingerprint density at radius 1 is 1.40 bits per heavy atom. The highest BCUT2D eigenvalue weighted by atomic mass is 16.5. The van der Waals surface area contributed by atoms with Crippen molar-refractivity contribution in [2.24, 2.45) is 0 Å². The number of fused-ring (bicyclic) bond motifs is 1. The predicted octanol–water partition coefficient (Wildman–Crippen LogP) is 0.897. The minimum atomic E-state index is -0.739. The molecule has 0 aromatic carbocycles. The van der Waals surface area contributed by atoms with Crippen molar-refractivity contribution in [3.05, 3.63) is 23.9 Å². The molecule has 2 N–H and O–H groups in total. The lowest BCUT2D eigenvalue weighted by atomic mass is 9.97. The van der Waals surface area contributed by atoms with Crippen molar-refractivity contribution in [1.82, 2.24) is 15.2 Å². The fraction of sp³-hybridized carbons (Fsp3) is 0.529. The first-order valence-corrected chi connectivity index (χ1v) is 8.47. The monoisotopic (exact) mass is 346 g/mol. The maximum atomic E-state index is 12.5. The van der Waals surface area contributed by atoms with Crippen molar-refractivity contribution < 1.29 is 19.1 Å². The molecule has 134 valence electrons. The number of likely N-dealkylation sites (tertiary alicyclic amines) is 1. The zero-order valence-electron chi connectivity index (χ0n) is 14.4. The van der Waals surface area contributed by atoms with Crippen LogP contribution in [0.1, 0.15) is 43.5 Å². The standard InChI is InChI=1S/C17H22N4O4/c1-3-25-16(24)11(2)21-10-8-17(7-6-13(21)22)19-14-12(15(23)20-17)5-4-9-18-14/h4-5,9,11H,3,6-8,10H2,1-2H3,(H,18,19)(H,20,23)/t11-,17+/m1/s1. The van der Waals surface area contributed by atoms with Crippen molar-refractivity contribution in [3.8, 4) is 0 Å².